The van der Waals surface area contributed by atoms with E-state index in [1.165, 1.54) is 4.88 Å². The Kier molecular flexibility index (Phi) is 4.47. The molecule has 0 bridgehead atoms. The van der Waals surface area contributed by atoms with Gasteiger partial charge in [0.05, 0.1) is 13.8 Å². The lowest BCUT2D eigenvalue weighted by Crippen LogP contribution is -1.95. The Morgan fingerprint density at radius 2 is 1.69 bits per heavy atom. The summed E-state index contributed by atoms with van der Waals surface area (Å²) in [6.45, 7) is 0.569. The molecule has 0 aliphatic rings. The highest BCUT2D eigenvalue weighted by Crippen LogP contribution is 2.34. The fraction of sp³-hybridized carbons (Fsp3) is 0.0909. The first-order valence-corrected chi connectivity index (χ1v) is 7.73. The number of para-hydroxylation sites is 1. The van der Waals surface area contributed by atoms with E-state index < -0.39 is 0 Å². The zero-order chi connectivity index (χ0) is 11.5. The number of hydrogen-bond acceptors (Lipinski definition) is 2. The molecule has 0 radical (unpaired) electrons. The van der Waals surface area contributed by atoms with Crippen molar-refractivity contribution in [1.29, 1.82) is 0 Å². The van der Waals surface area contributed by atoms with Gasteiger partial charge in [-0.3, -0.25) is 0 Å². The highest BCUT2D eigenvalue weighted by atomic mass is 79.9. The summed E-state index contributed by atoms with van der Waals surface area (Å²) in [4.78, 5) is 1.18. The Labute approximate surface area is 123 Å². The van der Waals surface area contributed by atoms with Crippen LogP contribution in [0.5, 0.6) is 5.75 Å². The minimum Gasteiger partial charge on any atom is -0.486 e. The van der Waals surface area contributed by atoms with Gasteiger partial charge < -0.3 is 4.74 Å². The molecule has 0 aliphatic heterocycles. The summed E-state index contributed by atoms with van der Waals surface area (Å²) in [5, 5.41) is 2.04. The summed E-state index contributed by atoms with van der Waals surface area (Å²) in [6.07, 6.45) is 0. The van der Waals surface area contributed by atoms with E-state index in [0.29, 0.717) is 6.61 Å². The molecule has 1 aromatic heterocycles. The van der Waals surface area contributed by atoms with Crippen LogP contribution in [0.3, 0.4) is 0 Å². The Morgan fingerprint density at radius 1 is 1.00 bits per heavy atom. The van der Waals surface area contributed by atoms with E-state index in [9.17, 15) is 0 Å². The van der Waals surface area contributed by atoms with E-state index in [-0.39, 0.29) is 0 Å². The molecule has 84 valence electrons. The van der Waals surface area contributed by atoms with Crippen LogP contribution in [-0.4, -0.2) is 0 Å². The van der Waals surface area contributed by atoms with E-state index in [4.69, 9.17) is 4.74 Å². The van der Waals surface area contributed by atoms with Crippen LogP contribution in [-0.2, 0) is 6.61 Å². The standard InChI is InChI=1S/C11H7Br3OS/c12-7-4-5-16-10(7)6-15-11-8(13)2-1-3-9(11)14/h1-5H,6H2. The molecule has 2 rings (SSSR count). The number of thiophene rings is 1. The summed E-state index contributed by atoms with van der Waals surface area (Å²) in [5.74, 6) is 0.836. The highest BCUT2D eigenvalue weighted by Gasteiger charge is 2.08. The van der Waals surface area contributed by atoms with Gasteiger partial charge in [-0.05, 0) is 71.4 Å². The first kappa shape index (κ1) is 12.6. The first-order valence-electron chi connectivity index (χ1n) is 4.47. The molecule has 1 nitrogen and oxygen atoms in total. The van der Waals surface area contributed by atoms with E-state index in [1.54, 1.807) is 11.3 Å². The Morgan fingerprint density at radius 3 is 2.25 bits per heavy atom. The zero-order valence-corrected chi connectivity index (χ0v) is 13.6. The minimum absolute atomic E-state index is 0.569. The molecule has 0 aliphatic carbocycles. The molecule has 5 heteroatoms. The second-order valence-corrected chi connectivity index (χ2v) is 6.59. The van der Waals surface area contributed by atoms with Crippen LogP contribution in [0.2, 0.25) is 0 Å². The van der Waals surface area contributed by atoms with Crippen LogP contribution in [0, 0.1) is 0 Å². The van der Waals surface area contributed by atoms with Crippen LogP contribution < -0.4 is 4.74 Å². The summed E-state index contributed by atoms with van der Waals surface area (Å²) in [6, 6.07) is 7.91. The fourth-order valence-electron chi connectivity index (χ4n) is 1.19. The van der Waals surface area contributed by atoms with Crippen LogP contribution >= 0.6 is 59.1 Å². The quantitative estimate of drug-likeness (QED) is 0.619. The molecule has 0 amide bonds. The van der Waals surface area contributed by atoms with Crippen LogP contribution in [0.15, 0.2) is 43.1 Å². The van der Waals surface area contributed by atoms with Gasteiger partial charge in [-0.2, -0.15) is 0 Å². The zero-order valence-electron chi connectivity index (χ0n) is 8.04. The molecule has 16 heavy (non-hydrogen) atoms. The van der Waals surface area contributed by atoms with Crippen molar-refractivity contribution in [3.8, 4) is 5.75 Å². The maximum atomic E-state index is 5.78. The highest BCUT2D eigenvalue weighted by molar-refractivity contribution is 9.11. The molecule has 0 unspecified atom stereocenters. The molecule has 1 aromatic carbocycles. The van der Waals surface area contributed by atoms with Crippen LogP contribution in [0.1, 0.15) is 4.88 Å². The van der Waals surface area contributed by atoms with Gasteiger partial charge in [-0.1, -0.05) is 6.07 Å². The predicted octanol–water partition coefficient (Wildman–Crippen LogP) is 5.61. The molecule has 0 atom stereocenters. The van der Waals surface area contributed by atoms with Gasteiger partial charge in [0, 0.05) is 4.47 Å². The van der Waals surface area contributed by atoms with Gasteiger partial charge in [0.2, 0.25) is 0 Å². The van der Waals surface area contributed by atoms with Gasteiger partial charge >= 0.3 is 0 Å². The third-order valence-electron chi connectivity index (χ3n) is 1.96. The summed E-state index contributed by atoms with van der Waals surface area (Å²) in [7, 11) is 0. The van der Waals surface area contributed by atoms with Crippen molar-refractivity contribution >= 4 is 59.1 Å². The van der Waals surface area contributed by atoms with Crippen LogP contribution in [0.4, 0.5) is 0 Å². The molecule has 0 N–H and O–H groups in total. The van der Waals surface area contributed by atoms with Crippen LogP contribution in [0.25, 0.3) is 0 Å². The van der Waals surface area contributed by atoms with E-state index in [1.807, 2.05) is 29.6 Å². The van der Waals surface area contributed by atoms with Gasteiger partial charge in [0.25, 0.3) is 0 Å². The number of hydrogen-bond donors (Lipinski definition) is 0. The number of rotatable bonds is 3. The normalized spacial score (nSPS) is 10.4. The second-order valence-electron chi connectivity index (χ2n) is 3.03. The molecule has 0 saturated heterocycles. The van der Waals surface area contributed by atoms with E-state index in [0.717, 1.165) is 19.2 Å². The maximum Gasteiger partial charge on any atom is 0.148 e. The molecule has 2 aromatic rings. The van der Waals surface area contributed by atoms with Gasteiger partial charge in [0.15, 0.2) is 0 Å². The fourth-order valence-corrected chi connectivity index (χ4v) is 3.79. The number of halogens is 3. The summed E-state index contributed by atoms with van der Waals surface area (Å²) >= 11 is 12.1. The van der Waals surface area contributed by atoms with E-state index >= 15 is 0 Å². The molecule has 0 saturated carbocycles. The molecular formula is C11H7Br3OS. The Balaban J connectivity index is 2.14. The molecule has 1 heterocycles. The van der Waals surface area contributed by atoms with Crippen molar-refractivity contribution < 1.29 is 4.74 Å². The van der Waals surface area contributed by atoms with Crippen molar-refractivity contribution in [2.75, 3.05) is 0 Å². The summed E-state index contributed by atoms with van der Waals surface area (Å²) in [5.41, 5.74) is 0. The second kappa shape index (κ2) is 5.67. The SMILES string of the molecule is Brc1ccsc1COc1c(Br)cccc1Br. The Hall–Kier alpha value is 0.160. The number of ether oxygens (including phenoxy) is 1. The smallest absolute Gasteiger partial charge is 0.148 e. The van der Waals surface area contributed by atoms with Crippen molar-refractivity contribution in [3.05, 3.63) is 47.9 Å². The van der Waals surface area contributed by atoms with Gasteiger partial charge in [-0.25, -0.2) is 0 Å². The minimum atomic E-state index is 0.569. The lowest BCUT2D eigenvalue weighted by atomic mass is 10.3. The topological polar surface area (TPSA) is 9.23 Å². The summed E-state index contributed by atoms with van der Waals surface area (Å²) < 4.78 is 8.78. The monoisotopic (exact) mass is 424 g/mol. The predicted molar refractivity (Wildman–Crippen MR) is 78.2 cm³/mol. The molecular weight excluding hydrogens is 420 g/mol. The lowest BCUT2D eigenvalue weighted by molar-refractivity contribution is 0.305. The van der Waals surface area contributed by atoms with Gasteiger partial charge in [-0.15, -0.1) is 11.3 Å². The third-order valence-corrected chi connectivity index (χ3v) is 5.11. The van der Waals surface area contributed by atoms with E-state index in [2.05, 4.69) is 47.8 Å². The van der Waals surface area contributed by atoms with Gasteiger partial charge in [0.1, 0.15) is 12.4 Å². The van der Waals surface area contributed by atoms with Crippen molar-refractivity contribution in [2.45, 2.75) is 6.61 Å². The Bertz CT molecular complexity index is 475. The molecule has 0 fully saturated rings. The average Bonchev–Trinajstić information content (AvgIpc) is 2.64. The average molecular weight is 427 g/mol. The van der Waals surface area contributed by atoms with Crippen molar-refractivity contribution in [1.82, 2.24) is 0 Å². The van der Waals surface area contributed by atoms with Crippen molar-refractivity contribution in [3.63, 3.8) is 0 Å². The molecule has 0 spiro atoms. The first-order chi connectivity index (χ1) is 7.68. The third kappa shape index (κ3) is 2.88. The van der Waals surface area contributed by atoms with Crippen molar-refractivity contribution in [2.24, 2.45) is 0 Å². The number of benzene rings is 1. The lowest BCUT2D eigenvalue weighted by Gasteiger charge is -2.09. The largest absolute Gasteiger partial charge is 0.486 e. The maximum absolute atomic E-state index is 5.78.